The Morgan fingerprint density at radius 3 is 2.93 bits per heavy atom. The maximum atomic E-state index is 13.8. The van der Waals surface area contributed by atoms with E-state index in [1.165, 1.54) is 11.0 Å². The van der Waals surface area contributed by atoms with Crippen molar-refractivity contribution in [2.45, 2.75) is 37.0 Å². The second-order valence-electron chi connectivity index (χ2n) is 7.09. The predicted molar refractivity (Wildman–Crippen MR) is 99.5 cm³/mol. The molecule has 0 radical (unpaired) electrons. The Hall–Kier alpha value is -1.42. The fraction of sp³-hybridized carbons (Fsp3) is 0.611. The Morgan fingerprint density at radius 1 is 1.48 bits per heavy atom. The van der Waals surface area contributed by atoms with E-state index in [2.05, 4.69) is 21.2 Å². The van der Waals surface area contributed by atoms with E-state index in [-0.39, 0.29) is 24.0 Å². The molecule has 2 fully saturated rings. The van der Waals surface area contributed by atoms with Gasteiger partial charge in [0.1, 0.15) is 12.7 Å². The number of ether oxygens (including phenoxy) is 2. The van der Waals surface area contributed by atoms with Crippen LogP contribution in [0.15, 0.2) is 22.7 Å². The van der Waals surface area contributed by atoms with Gasteiger partial charge in [-0.15, -0.1) is 0 Å². The number of nitrogens with zero attached hydrogens (tertiary/aromatic N) is 1. The summed E-state index contributed by atoms with van der Waals surface area (Å²) in [5.74, 6) is -0.395. The van der Waals surface area contributed by atoms with Gasteiger partial charge in [0.15, 0.2) is 11.6 Å². The topological polar surface area (TPSA) is 91.3 Å². The Bertz CT molecular complexity index is 669. The molecule has 150 valence electrons. The highest BCUT2D eigenvalue weighted by Crippen LogP contribution is 2.36. The molecular formula is C18H24BrFN2O5. The molecule has 2 unspecified atom stereocenters. The molecule has 3 N–H and O–H groups in total. The molecule has 2 aliphatic heterocycles. The SMILES string of the molecule is O=C(O)N1CCC2(CC1)CC(NCC(O)COc1cccc(Br)c1F)CO2. The average Bonchev–Trinajstić information content (AvgIpc) is 3.04. The molecule has 7 nitrogen and oxygen atoms in total. The molecule has 1 aromatic rings. The first kappa shape index (κ1) is 20.3. The molecule has 0 saturated carbocycles. The standard InChI is InChI=1S/C18H24BrFN2O5/c19-14-2-1-3-15(16(14)20)26-11-13(23)9-21-12-8-18(27-10-12)4-6-22(7-5-18)17(24)25/h1-3,12-13,21,23H,4-11H2,(H,24,25). The zero-order chi connectivity index (χ0) is 19.4. The van der Waals surface area contributed by atoms with Crippen LogP contribution in [0.3, 0.4) is 0 Å². The summed E-state index contributed by atoms with van der Waals surface area (Å²) in [7, 11) is 0. The quantitative estimate of drug-likeness (QED) is 0.620. The summed E-state index contributed by atoms with van der Waals surface area (Å²) in [6.07, 6.45) is 0.488. The molecule has 0 aliphatic carbocycles. The summed E-state index contributed by atoms with van der Waals surface area (Å²) in [5, 5.41) is 22.4. The first-order valence-corrected chi connectivity index (χ1v) is 9.78. The van der Waals surface area contributed by atoms with E-state index in [0.29, 0.717) is 43.6 Å². The third-order valence-electron chi connectivity index (χ3n) is 5.14. The summed E-state index contributed by atoms with van der Waals surface area (Å²) >= 11 is 3.10. The summed E-state index contributed by atoms with van der Waals surface area (Å²) in [5.41, 5.74) is -0.273. The van der Waals surface area contributed by atoms with Crippen molar-refractivity contribution in [1.29, 1.82) is 0 Å². The van der Waals surface area contributed by atoms with Gasteiger partial charge >= 0.3 is 6.09 Å². The normalized spacial score (nSPS) is 22.8. The van der Waals surface area contributed by atoms with Crippen molar-refractivity contribution < 1.29 is 28.9 Å². The summed E-state index contributed by atoms with van der Waals surface area (Å²) in [6.45, 7) is 1.78. The zero-order valence-electron chi connectivity index (χ0n) is 14.9. The predicted octanol–water partition coefficient (Wildman–Crippen LogP) is 2.22. The van der Waals surface area contributed by atoms with E-state index < -0.39 is 18.0 Å². The third kappa shape index (κ3) is 5.10. The van der Waals surface area contributed by atoms with Crippen LogP contribution < -0.4 is 10.1 Å². The molecule has 2 heterocycles. The Kier molecular flexibility index (Phi) is 6.56. The van der Waals surface area contributed by atoms with E-state index in [4.69, 9.17) is 14.6 Å². The monoisotopic (exact) mass is 446 g/mol. The van der Waals surface area contributed by atoms with Crippen LogP contribution in [0.5, 0.6) is 5.75 Å². The molecule has 2 saturated heterocycles. The lowest BCUT2D eigenvalue weighted by molar-refractivity contribution is -0.0395. The highest BCUT2D eigenvalue weighted by molar-refractivity contribution is 9.10. The number of nitrogens with one attached hydrogen (secondary N) is 1. The zero-order valence-corrected chi connectivity index (χ0v) is 16.5. The van der Waals surface area contributed by atoms with Crippen LogP contribution in [-0.4, -0.2) is 71.8 Å². The number of likely N-dealkylation sites (tertiary alicyclic amines) is 1. The van der Waals surface area contributed by atoms with E-state index in [1.54, 1.807) is 12.1 Å². The molecule has 0 bridgehead atoms. The fourth-order valence-electron chi connectivity index (χ4n) is 3.57. The lowest BCUT2D eigenvalue weighted by atomic mass is 9.87. The van der Waals surface area contributed by atoms with Crippen molar-refractivity contribution in [2.75, 3.05) is 32.8 Å². The number of rotatable bonds is 6. The van der Waals surface area contributed by atoms with Gasteiger partial charge < -0.3 is 29.9 Å². The molecule has 3 rings (SSSR count). The van der Waals surface area contributed by atoms with E-state index in [0.717, 1.165) is 6.42 Å². The number of halogens is 2. The van der Waals surface area contributed by atoms with Crippen LogP contribution in [0.2, 0.25) is 0 Å². The number of piperidine rings is 1. The Labute approximate surface area is 165 Å². The molecule has 2 aliphatic rings. The van der Waals surface area contributed by atoms with Crippen LogP contribution in [0, 0.1) is 5.82 Å². The second-order valence-corrected chi connectivity index (χ2v) is 7.94. The van der Waals surface area contributed by atoms with E-state index in [1.807, 2.05) is 0 Å². The van der Waals surface area contributed by atoms with Crippen LogP contribution in [-0.2, 0) is 4.74 Å². The van der Waals surface area contributed by atoms with Crippen molar-refractivity contribution in [3.8, 4) is 5.75 Å². The maximum Gasteiger partial charge on any atom is 0.407 e. The Morgan fingerprint density at radius 2 is 2.22 bits per heavy atom. The molecule has 27 heavy (non-hydrogen) atoms. The summed E-state index contributed by atoms with van der Waals surface area (Å²) in [4.78, 5) is 12.4. The highest BCUT2D eigenvalue weighted by Gasteiger charge is 2.43. The van der Waals surface area contributed by atoms with Gasteiger partial charge in [-0.25, -0.2) is 9.18 Å². The second kappa shape index (κ2) is 8.72. The number of amides is 1. The summed E-state index contributed by atoms with van der Waals surface area (Å²) < 4.78 is 25.5. The average molecular weight is 447 g/mol. The van der Waals surface area contributed by atoms with Gasteiger partial charge in [0.25, 0.3) is 0 Å². The minimum absolute atomic E-state index is 0.0212. The van der Waals surface area contributed by atoms with Gasteiger partial charge in [-0.1, -0.05) is 6.07 Å². The van der Waals surface area contributed by atoms with Gasteiger partial charge in [-0.2, -0.15) is 0 Å². The molecule has 2 atom stereocenters. The van der Waals surface area contributed by atoms with Gasteiger partial charge in [-0.3, -0.25) is 0 Å². The van der Waals surface area contributed by atoms with E-state index >= 15 is 0 Å². The van der Waals surface area contributed by atoms with Crippen LogP contribution in [0.25, 0.3) is 0 Å². The van der Waals surface area contributed by atoms with Gasteiger partial charge in [0.2, 0.25) is 0 Å². The lowest BCUT2D eigenvalue weighted by Gasteiger charge is -2.37. The smallest absolute Gasteiger partial charge is 0.407 e. The molecule has 1 amide bonds. The van der Waals surface area contributed by atoms with Crippen molar-refractivity contribution in [1.82, 2.24) is 10.2 Å². The van der Waals surface area contributed by atoms with Gasteiger partial charge in [0, 0.05) is 25.7 Å². The highest BCUT2D eigenvalue weighted by atomic mass is 79.9. The number of benzene rings is 1. The minimum atomic E-state index is -0.887. The van der Waals surface area contributed by atoms with Gasteiger partial charge in [0.05, 0.1) is 16.7 Å². The largest absolute Gasteiger partial charge is 0.488 e. The fourth-order valence-corrected chi connectivity index (χ4v) is 3.92. The van der Waals surface area contributed by atoms with Crippen LogP contribution in [0.1, 0.15) is 19.3 Å². The molecular weight excluding hydrogens is 423 g/mol. The molecule has 1 spiro atoms. The van der Waals surface area contributed by atoms with E-state index in [9.17, 15) is 14.3 Å². The lowest BCUT2D eigenvalue weighted by Crippen LogP contribution is -2.46. The third-order valence-corrected chi connectivity index (χ3v) is 5.76. The number of carboxylic acid groups (broad SMARTS) is 1. The number of aliphatic hydroxyl groups is 1. The van der Waals surface area contributed by atoms with Gasteiger partial charge in [-0.05, 0) is 47.3 Å². The van der Waals surface area contributed by atoms with Crippen molar-refractivity contribution in [2.24, 2.45) is 0 Å². The maximum absolute atomic E-state index is 13.8. The molecule has 9 heteroatoms. The van der Waals surface area contributed by atoms with Crippen LogP contribution in [0.4, 0.5) is 9.18 Å². The van der Waals surface area contributed by atoms with Crippen molar-refractivity contribution in [3.63, 3.8) is 0 Å². The molecule has 0 aromatic heterocycles. The Balaban J connectivity index is 1.39. The molecule has 1 aromatic carbocycles. The van der Waals surface area contributed by atoms with Crippen molar-refractivity contribution >= 4 is 22.0 Å². The number of hydrogen-bond acceptors (Lipinski definition) is 5. The number of carbonyl (C=O) groups is 1. The summed E-state index contributed by atoms with van der Waals surface area (Å²) in [6, 6.07) is 4.85. The van der Waals surface area contributed by atoms with Crippen molar-refractivity contribution in [3.05, 3.63) is 28.5 Å². The number of hydrogen-bond donors (Lipinski definition) is 3. The minimum Gasteiger partial charge on any atom is -0.488 e. The number of aliphatic hydroxyl groups excluding tert-OH is 1. The first-order chi connectivity index (χ1) is 12.9. The first-order valence-electron chi connectivity index (χ1n) is 8.99. The van der Waals surface area contributed by atoms with Crippen LogP contribution >= 0.6 is 15.9 Å².